The number of anilines is 1. The van der Waals surface area contributed by atoms with Crippen molar-refractivity contribution in [2.75, 3.05) is 37.7 Å². The number of hydrogen-bond donors (Lipinski definition) is 2. The van der Waals surface area contributed by atoms with Crippen LogP contribution in [0.5, 0.6) is 0 Å². The van der Waals surface area contributed by atoms with Gasteiger partial charge in [0.25, 0.3) is 0 Å². The Kier molecular flexibility index (Phi) is 7.25. The maximum atomic E-state index is 14.6. The number of aryl methyl sites for hydroxylation is 1. The minimum absolute atomic E-state index is 0.192. The van der Waals surface area contributed by atoms with E-state index < -0.39 is 0 Å². The van der Waals surface area contributed by atoms with Crippen LogP contribution in [0, 0.1) is 12.7 Å². The van der Waals surface area contributed by atoms with Crippen molar-refractivity contribution < 1.29 is 9.13 Å². The predicted molar refractivity (Wildman–Crippen MR) is 112 cm³/mol. The van der Waals surface area contributed by atoms with E-state index in [1.54, 1.807) is 6.07 Å². The number of rotatable bonds is 6. The molecule has 150 valence electrons. The Labute approximate surface area is 166 Å². The smallest absolute Gasteiger partial charge is 0.191 e. The normalized spacial score (nSPS) is 14.8. The molecule has 2 N–H and O–H groups in total. The van der Waals surface area contributed by atoms with Crippen LogP contribution in [0.4, 0.5) is 10.1 Å². The summed E-state index contributed by atoms with van der Waals surface area (Å²) in [5, 5.41) is 6.53. The summed E-state index contributed by atoms with van der Waals surface area (Å²) >= 11 is 0. The molecule has 0 aromatic heterocycles. The molecule has 0 unspecified atom stereocenters. The zero-order valence-corrected chi connectivity index (χ0v) is 16.7. The van der Waals surface area contributed by atoms with E-state index in [0.717, 1.165) is 36.7 Å². The molecule has 0 atom stereocenters. The van der Waals surface area contributed by atoms with Crippen molar-refractivity contribution in [1.29, 1.82) is 0 Å². The standard InChI is InChI=1S/C22H29FN4O/c1-3-24-22(25-15-18-6-4-5-17(2)13-18)26-16-19-7-8-21(20(23)14-19)27-9-11-28-12-10-27/h4-8,13-14H,3,9-12,15-16H2,1-2H3,(H2,24,25,26). The van der Waals surface area contributed by atoms with E-state index >= 15 is 0 Å². The van der Waals surface area contributed by atoms with Crippen LogP contribution >= 0.6 is 0 Å². The lowest BCUT2D eigenvalue weighted by molar-refractivity contribution is 0.122. The van der Waals surface area contributed by atoms with Crippen molar-refractivity contribution in [2.24, 2.45) is 4.99 Å². The zero-order valence-electron chi connectivity index (χ0n) is 16.7. The molecule has 0 spiro atoms. The fourth-order valence-electron chi connectivity index (χ4n) is 3.23. The first-order valence-electron chi connectivity index (χ1n) is 9.84. The molecule has 0 aliphatic carbocycles. The number of nitrogens with zero attached hydrogens (tertiary/aromatic N) is 2. The van der Waals surface area contributed by atoms with Gasteiger partial charge in [0.2, 0.25) is 0 Å². The third-order valence-corrected chi connectivity index (χ3v) is 4.67. The molecule has 0 radical (unpaired) electrons. The average molecular weight is 384 g/mol. The number of guanidine groups is 1. The third kappa shape index (κ3) is 5.70. The van der Waals surface area contributed by atoms with Crippen LogP contribution in [0.2, 0.25) is 0 Å². The lowest BCUT2D eigenvalue weighted by Crippen LogP contribution is -2.37. The van der Waals surface area contributed by atoms with E-state index in [1.807, 2.05) is 30.0 Å². The lowest BCUT2D eigenvalue weighted by Gasteiger charge is -2.29. The molecule has 0 bridgehead atoms. The van der Waals surface area contributed by atoms with Crippen LogP contribution in [0.3, 0.4) is 0 Å². The van der Waals surface area contributed by atoms with Gasteiger partial charge in [0.1, 0.15) is 5.82 Å². The van der Waals surface area contributed by atoms with E-state index in [4.69, 9.17) is 4.74 Å². The van der Waals surface area contributed by atoms with Gasteiger partial charge in [0.05, 0.1) is 25.4 Å². The monoisotopic (exact) mass is 384 g/mol. The molecular formula is C22H29FN4O. The number of ether oxygens (including phenoxy) is 1. The molecule has 2 aromatic rings. The Balaban J connectivity index is 1.61. The Bertz CT molecular complexity index is 803. The first-order chi connectivity index (χ1) is 13.7. The van der Waals surface area contributed by atoms with Gasteiger partial charge in [-0.3, -0.25) is 0 Å². The number of aliphatic imine (C=N–C) groups is 1. The molecule has 1 saturated heterocycles. The summed E-state index contributed by atoms with van der Waals surface area (Å²) in [4.78, 5) is 6.66. The average Bonchev–Trinajstić information content (AvgIpc) is 2.71. The molecule has 5 nitrogen and oxygen atoms in total. The fourth-order valence-corrected chi connectivity index (χ4v) is 3.23. The van der Waals surface area contributed by atoms with E-state index in [-0.39, 0.29) is 5.82 Å². The molecule has 3 rings (SSSR count). The summed E-state index contributed by atoms with van der Waals surface area (Å²) in [6.07, 6.45) is 0. The van der Waals surface area contributed by atoms with Gasteiger partial charge in [-0.2, -0.15) is 0 Å². The Morgan fingerprint density at radius 1 is 1.11 bits per heavy atom. The largest absolute Gasteiger partial charge is 0.378 e. The molecule has 6 heteroatoms. The quantitative estimate of drug-likeness (QED) is 0.593. The fraction of sp³-hybridized carbons (Fsp3) is 0.409. The molecule has 1 fully saturated rings. The number of nitrogens with one attached hydrogen (secondary N) is 2. The van der Waals surface area contributed by atoms with Gasteiger partial charge in [-0.05, 0) is 37.1 Å². The van der Waals surface area contributed by atoms with Crippen LogP contribution < -0.4 is 15.5 Å². The van der Waals surface area contributed by atoms with Gasteiger partial charge in [-0.15, -0.1) is 0 Å². The van der Waals surface area contributed by atoms with Crippen molar-refractivity contribution in [3.8, 4) is 0 Å². The second-order valence-corrected chi connectivity index (χ2v) is 6.92. The van der Waals surface area contributed by atoms with Gasteiger partial charge in [0.15, 0.2) is 5.96 Å². The molecule has 1 heterocycles. The summed E-state index contributed by atoms with van der Waals surface area (Å²) in [5.74, 6) is 0.532. The SMILES string of the molecule is CCNC(=NCc1cccc(C)c1)NCc1ccc(N2CCOCC2)c(F)c1. The number of benzene rings is 2. The Hall–Kier alpha value is -2.60. The Morgan fingerprint density at radius 2 is 1.93 bits per heavy atom. The van der Waals surface area contributed by atoms with Gasteiger partial charge in [-0.25, -0.2) is 9.38 Å². The molecule has 1 aliphatic rings. The molecule has 28 heavy (non-hydrogen) atoms. The molecule has 0 saturated carbocycles. The van der Waals surface area contributed by atoms with E-state index in [2.05, 4.69) is 40.7 Å². The van der Waals surface area contributed by atoms with Crippen molar-refractivity contribution >= 4 is 11.6 Å². The topological polar surface area (TPSA) is 48.9 Å². The van der Waals surface area contributed by atoms with Crippen molar-refractivity contribution in [3.05, 3.63) is 65.0 Å². The minimum atomic E-state index is -0.192. The Morgan fingerprint density at radius 3 is 2.64 bits per heavy atom. The summed E-state index contributed by atoms with van der Waals surface area (Å²) < 4.78 is 19.9. The highest BCUT2D eigenvalue weighted by Crippen LogP contribution is 2.21. The summed E-state index contributed by atoms with van der Waals surface area (Å²) in [6, 6.07) is 13.7. The summed E-state index contributed by atoms with van der Waals surface area (Å²) in [6.45, 7) is 8.73. The summed E-state index contributed by atoms with van der Waals surface area (Å²) in [5.41, 5.74) is 3.92. The van der Waals surface area contributed by atoms with Crippen molar-refractivity contribution in [1.82, 2.24) is 10.6 Å². The van der Waals surface area contributed by atoms with E-state index in [9.17, 15) is 4.39 Å². The maximum absolute atomic E-state index is 14.6. The van der Waals surface area contributed by atoms with Crippen LogP contribution in [-0.4, -0.2) is 38.8 Å². The van der Waals surface area contributed by atoms with Crippen LogP contribution in [-0.2, 0) is 17.8 Å². The van der Waals surface area contributed by atoms with Gasteiger partial charge in [0, 0.05) is 26.2 Å². The first-order valence-corrected chi connectivity index (χ1v) is 9.84. The zero-order chi connectivity index (χ0) is 19.8. The number of morpholine rings is 1. The second kappa shape index (κ2) is 10.1. The van der Waals surface area contributed by atoms with Crippen LogP contribution in [0.25, 0.3) is 0 Å². The summed E-state index contributed by atoms with van der Waals surface area (Å²) in [7, 11) is 0. The lowest BCUT2D eigenvalue weighted by atomic mass is 10.1. The molecule has 1 aliphatic heterocycles. The molecule has 2 aromatic carbocycles. The minimum Gasteiger partial charge on any atom is -0.378 e. The van der Waals surface area contributed by atoms with Gasteiger partial charge >= 0.3 is 0 Å². The highest BCUT2D eigenvalue weighted by atomic mass is 19.1. The van der Waals surface area contributed by atoms with Crippen LogP contribution in [0.15, 0.2) is 47.5 Å². The van der Waals surface area contributed by atoms with Crippen LogP contribution in [0.1, 0.15) is 23.6 Å². The second-order valence-electron chi connectivity index (χ2n) is 6.92. The molecule has 0 amide bonds. The highest BCUT2D eigenvalue weighted by molar-refractivity contribution is 5.79. The van der Waals surface area contributed by atoms with Crippen molar-refractivity contribution in [2.45, 2.75) is 26.9 Å². The van der Waals surface area contributed by atoms with Crippen molar-refractivity contribution in [3.63, 3.8) is 0 Å². The number of halogens is 1. The third-order valence-electron chi connectivity index (χ3n) is 4.67. The van der Waals surface area contributed by atoms with Gasteiger partial charge in [-0.1, -0.05) is 35.9 Å². The predicted octanol–water partition coefficient (Wildman–Crippen LogP) is 3.23. The van der Waals surface area contributed by atoms with Gasteiger partial charge < -0.3 is 20.3 Å². The highest BCUT2D eigenvalue weighted by Gasteiger charge is 2.15. The van der Waals surface area contributed by atoms with E-state index in [1.165, 1.54) is 5.56 Å². The van der Waals surface area contributed by atoms with E-state index in [0.29, 0.717) is 32.0 Å². The maximum Gasteiger partial charge on any atom is 0.191 e. The number of hydrogen-bond acceptors (Lipinski definition) is 3. The molecular weight excluding hydrogens is 355 g/mol. The first kappa shape index (κ1) is 20.1.